The number of carbonyl (C=O) groups is 2. The molecule has 0 N–H and O–H groups in total. The van der Waals surface area contributed by atoms with Crippen LogP contribution in [0.25, 0.3) is 6.08 Å². The Kier molecular flexibility index (Phi) is 7.46. The van der Waals surface area contributed by atoms with Crippen LogP contribution in [0.15, 0.2) is 29.2 Å². The number of hydrogen-bond donors (Lipinski definition) is 0. The van der Waals surface area contributed by atoms with E-state index in [0.717, 1.165) is 18.4 Å². The molecule has 0 spiro atoms. The van der Waals surface area contributed by atoms with Gasteiger partial charge in [0.25, 0.3) is 5.91 Å². The maximum Gasteiger partial charge on any atom is 0.326 e. The number of amides is 1. The minimum Gasteiger partial charge on any atom is -0.493 e. The van der Waals surface area contributed by atoms with Gasteiger partial charge in [0.2, 0.25) is 0 Å². The third kappa shape index (κ3) is 5.31. The van der Waals surface area contributed by atoms with E-state index in [2.05, 4.69) is 0 Å². The van der Waals surface area contributed by atoms with Crippen molar-refractivity contribution in [2.24, 2.45) is 0 Å². The highest BCUT2D eigenvalue weighted by molar-refractivity contribution is 8.26. The summed E-state index contributed by atoms with van der Waals surface area (Å²) < 4.78 is 11.0. The van der Waals surface area contributed by atoms with Crippen molar-refractivity contribution in [2.45, 2.75) is 26.7 Å². The molecule has 1 aromatic carbocycles. The number of rotatable bonds is 8. The number of para-hydroxylation sites is 1. The van der Waals surface area contributed by atoms with Gasteiger partial charge in [-0.15, -0.1) is 0 Å². The highest BCUT2D eigenvalue weighted by Gasteiger charge is 2.33. The molecule has 0 aromatic heterocycles. The topological polar surface area (TPSA) is 55.8 Å². The molecule has 1 saturated heterocycles. The summed E-state index contributed by atoms with van der Waals surface area (Å²) in [5.41, 5.74) is 0.801. The molecule has 2 rings (SSSR count). The first-order chi connectivity index (χ1) is 12.1. The lowest BCUT2D eigenvalue weighted by atomic mass is 10.2. The summed E-state index contributed by atoms with van der Waals surface area (Å²) in [6.45, 7) is 4.66. The third-order valence-electron chi connectivity index (χ3n) is 3.43. The minimum absolute atomic E-state index is 0.154. The Labute approximate surface area is 157 Å². The fourth-order valence-electron chi connectivity index (χ4n) is 2.17. The lowest BCUT2D eigenvalue weighted by molar-refractivity contribution is -0.146. The minimum atomic E-state index is -0.444. The monoisotopic (exact) mass is 379 g/mol. The van der Waals surface area contributed by atoms with Crippen molar-refractivity contribution in [3.63, 3.8) is 0 Å². The van der Waals surface area contributed by atoms with Crippen LogP contribution >= 0.6 is 24.0 Å². The van der Waals surface area contributed by atoms with Gasteiger partial charge in [-0.25, -0.2) is 0 Å². The normalized spacial score (nSPS) is 15.8. The van der Waals surface area contributed by atoms with Crippen LogP contribution < -0.4 is 4.74 Å². The molecule has 1 fully saturated rings. The summed E-state index contributed by atoms with van der Waals surface area (Å²) in [5.74, 6) is -0.0243. The Hall–Kier alpha value is -1.86. The van der Waals surface area contributed by atoms with Crippen molar-refractivity contribution in [2.75, 3.05) is 19.8 Å². The summed E-state index contributed by atoms with van der Waals surface area (Å²) in [6.07, 6.45) is 3.49. The fraction of sp³-hybridized carbons (Fsp3) is 0.389. The molecule has 0 atom stereocenters. The molecule has 1 amide bonds. The first kappa shape index (κ1) is 19.5. The zero-order valence-electron chi connectivity index (χ0n) is 14.3. The molecule has 5 nitrogen and oxygen atoms in total. The van der Waals surface area contributed by atoms with E-state index < -0.39 is 5.97 Å². The summed E-state index contributed by atoms with van der Waals surface area (Å²) in [5, 5.41) is 0. The zero-order valence-corrected chi connectivity index (χ0v) is 16.0. The van der Waals surface area contributed by atoms with E-state index in [9.17, 15) is 9.59 Å². The lowest BCUT2D eigenvalue weighted by Crippen LogP contribution is -2.34. The van der Waals surface area contributed by atoms with Crippen molar-refractivity contribution in [3.05, 3.63) is 34.7 Å². The van der Waals surface area contributed by atoms with Crippen LogP contribution in [0.2, 0.25) is 0 Å². The standard InChI is InChI=1S/C18H21NO4S2/c1-3-5-10-23-16(20)12-19-17(21)15(25-18(19)24)11-13-8-6-7-9-14(13)22-4-2/h6-9,11H,3-5,10,12H2,1-2H3. The number of benzene rings is 1. The number of thiocarbonyl (C=S) groups is 1. The molecule has 1 aromatic rings. The second-order valence-corrected chi connectivity index (χ2v) is 6.99. The van der Waals surface area contributed by atoms with E-state index in [1.165, 1.54) is 16.7 Å². The quantitative estimate of drug-likeness (QED) is 0.298. The second kappa shape index (κ2) is 9.58. The van der Waals surface area contributed by atoms with Crippen LogP contribution in [0.1, 0.15) is 32.3 Å². The van der Waals surface area contributed by atoms with E-state index in [-0.39, 0.29) is 12.5 Å². The Balaban J connectivity index is 2.09. The number of nitrogens with zero attached hydrogens (tertiary/aromatic N) is 1. The molecule has 0 aliphatic carbocycles. The summed E-state index contributed by atoms with van der Waals surface area (Å²) in [4.78, 5) is 26.2. The predicted octanol–water partition coefficient (Wildman–Crippen LogP) is 3.63. The number of ether oxygens (including phenoxy) is 2. The molecule has 0 bridgehead atoms. The van der Waals surface area contributed by atoms with E-state index in [1.807, 2.05) is 38.1 Å². The molecule has 0 unspecified atom stereocenters. The van der Waals surface area contributed by atoms with Gasteiger partial charge in [-0.05, 0) is 25.5 Å². The average Bonchev–Trinajstić information content (AvgIpc) is 2.85. The highest BCUT2D eigenvalue weighted by atomic mass is 32.2. The van der Waals surface area contributed by atoms with Gasteiger partial charge in [0.15, 0.2) is 0 Å². The van der Waals surface area contributed by atoms with Gasteiger partial charge in [-0.3, -0.25) is 14.5 Å². The first-order valence-electron chi connectivity index (χ1n) is 8.19. The summed E-state index contributed by atoms with van der Waals surface area (Å²) in [7, 11) is 0. The van der Waals surface area contributed by atoms with E-state index >= 15 is 0 Å². The average molecular weight is 380 g/mol. The van der Waals surface area contributed by atoms with E-state index in [0.29, 0.717) is 28.2 Å². The van der Waals surface area contributed by atoms with Crippen molar-refractivity contribution in [1.29, 1.82) is 0 Å². The number of carbonyl (C=O) groups excluding carboxylic acids is 2. The lowest BCUT2D eigenvalue weighted by Gasteiger charge is -2.13. The molecule has 1 aliphatic rings. The van der Waals surface area contributed by atoms with Crippen LogP contribution in [0.4, 0.5) is 0 Å². The second-order valence-electron chi connectivity index (χ2n) is 5.31. The number of thioether (sulfide) groups is 1. The number of unbranched alkanes of at least 4 members (excludes halogenated alkanes) is 1. The van der Waals surface area contributed by atoms with Gasteiger partial charge in [0.05, 0.1) is 18.1 Å². The molecule has 0 radical (unpaired) electrons. The summed E-state index contributed by atoms with van der Waals surface area (Å²) >= 11 is 6.42. The van der Waals surface area contributed by atoms with Crippen molar-refractivity contribution in [1.82, 2.24) is 4.90 Å². The van der Waals surface area contributed by atoms with Gasteiger partial charge in [-0.1, -0.05) is 55.5 Å². The van der Waals surface area contributed by atoms with Gasteiger partial charge in [-0.2, -0.15) is 0 Å². The van der Waals surface area contributed by atoms with Crippen LogP contribution in [0.5, 0.6) is 5.75 Å². The van der Waals surface area contributed by atoms with Crippen LogP contribution in [-0.4, -0.2) is 40.9 Å². The smallest absolute Gasteiger partial charge is 0.326 e. The predicted molar refractivity (Wildman–Crippen MR) is 103 cm³/mol. The number of esters is 1. The van der Waals surface area contributed by atoms with Crippen molar-refractivity contribution >= 4 is 46.3 Å². The molecule has 7 heteroatoms. The molecule has 134 valence electrons. The maximum absolute atomic E-state index is 12.6. The van der Waals surface area contributed by atoms with E-state index in [1.54, 1.807) is 6.08 Å². The molecule has 25 heavy (non-hydrogen) atoms. The molecule has 1 aliphatic heterocycles. The Morgan fingerprint density at radius 1 is 1.32 bits per heavy atom. The van der Waals surface area contributed by atoms with Gasteiger partial charge < -0.3 is 9.47 Å². The molecular formula is C18H21NO4S2. The zero-order chi connectivity index (χ0) is 18.2. The van der Waals surface area contributed by atoms with Crippen LogP contribution in [0, 0.1) is 0 Å². The molecular weight excluding hydrogens is 358 g/mol. The number of hydrogen-bond acceptors (Lipinski definition) is 6. The van der Waals surface area contributed by atoms with Gasteiger partial charge in [0.1, 0.15) is 16.6 Å². The molecule has 0 saturated carbocycles. The Morgan fingerprint density at radius 3 is 2.80 bits per heavy atom. The van der Waals surface area contributed by atoms with E-state index in [4.69, 9.17) is 21.7 Å². The Bertz CT molecular complexity index is 687. The SMILES string of the molecule is CCCCOC(=O)CN1C(=O)C(=Cc2ccccc2OCC)SC1=S. The van der Waals surface area contributed by atoms with Crippen LogP contribution in [-0.2, 0) is 14.3 Å². The highest BCUT2D eigenvalue weighted by Crippen LogP contribution is 2.34. The molecule has 1 heterocycles. The summed E-state index contributed by atoms with van der Waals surface area (Å²) in [6, 6.07) is 7.47. The first-order valence-corrected chi connectivity index (χ1v) is 9.42. The van der Waals surface area contributed by atoms with Gasteiger partial charge >= 0.3 is 5.97 Å². The van der Waals surface area contributed by atoms with Gasteiger partial charge in [0, 0.05) is 5.56 Å². The van der Waals surface area contributed by atoms with Crippen LogP contribution in [0.3, 0.4) is 0 Å². The van der Waals surface area contributed by atoms with Crippen molar-refractivity contribution in [3.8, 4) is 5.75 Å². The fourth-order valence-corrected chi connectivity index (χ4v) is 3.42. The third-order valence-corrected chi connectivity index (χ3v) is 4.80. The Morgan fingerprint density at radius 2 is 2.08 bits per heavy atom. The van der Waals surface area contributed by atoms with Crippen molar-refractivity contribution < 1.29 is 19.1 Å². The largest absolute Gasteiger partial charge is 0.493 e. The maximum atomic E-state index is 12.6.